The highest BCUT2D eigenvalue weighted by Gasteiger charge is 2.38. The van der Waals surface area contributed by atoms with E-state index in [0.717, 1.165) is 0 Å². The third-order valence-electron chi connectivity index (χ3n) is 3.14. The number of rotatable bonds is 2. The van der Waals surface area contributed by atoms with Crippen molar-refractivity contribution in [2.75, 3.05) is 12.3 Å². The number of primary amides is 1. The predicted molar refractivity (Wildman–Crippen MR) is 67.2 cm³/mol. The Hall–Kier alpha value is -2.28. The molecule has 1 aromatic carbocycles. The van der Waals surface area contributed by atoms with Crippen molar-refractivity contribution in [2.24, 2.45) is 5.73 Å². The van der Waals surface area contributed by atoms with E-state index in [4.69, 9.17) is 11.5 Å². The van der Waals surface area contributed by atoms with Crippen LogP contribution in [0.4, 0.5) is 5.69 Å². The van der Waals surface area contributed by atoms with Gasteiger partial charge >= 0.3 is 0 Å². The third kappa shape index (κ3) is 2.45. The van der Waals surface area contributed by atoms with Crippen LogP contribution in [0, 0.1) is 0 Å². The maximum atomic E-state index is 12.3. The summed E-state index contributed by atoms with van der Waals surface area (Å²) in [6, 6.07) is 3.12. The Morgan fingerprint density at radius 2 is 2.05 bits per heavy atom. The zero-order valence-electron chi connectivity index (χ0n) is 10.1. The number of hydrogen-bond donors (Lipinski definition) is 4. The maximum Gasteiger partial charge on any atom is 0.256 e. The Kier molecular flexibility index (Phi) is 3.30. The van der Waals surface area contributed by atoms with Crippen LogP contribution in [0.5, 0.6) is 5.75 Å². The van der Waals surface area contributed by atoms with E-state index in [9.17, 15) is 19.8 Å². The lowest BCUT2D eigenvalue weighted by Gasteiger charge is -2.22. The van der Waals surface area contributed by atoms with Crippen LogP contribution in [0.2, 0.25) is 0 Å². The Morgan fingerprint density at radius 3 is 2.68 bits per heavy atom. The van der Waals surface area contributed by atoms with Crippen molar-refractivity contribution in [3.63, 3.8) is 0 Å². The molecule has 0 saturated carbocycles. The van der Waals surface area contributed by atoms with Crippen LogP contribution < -0.4 is 11.5 Å². The number of aliphatic hydroxyl groups excluding tert-OH is 1. The summed E-state index contributed by atoms with van der Waals surface area (Å²) in [5, 5.41) is 18.9. The summed E-state index contributed by atoms with van der Waals surface area (Å²) in [5.74, 6) is -1.31. The number of nitrogens with zero attached hydrogens (tertiary/aromatic N) is 1. The number of aromatic hydroxyl groups is 1. The first-order valence-electron chi connectivity index (χ1n) is 5.77. The predicted octanol–water partition coefficient (Wildman–Crippen LogP) is -0.965. The van der Waals surface area contributed by atoms with E-state index >= 15 is 0 Å². The Morgan fingerprint density at radius 1 is 1.37 bits per heavy atom. The van der Waals surface area contributed by atoms with Crippen molar-refractivity contribution >= 4 is 17.5 Å². The van der Waals surface area contributed by atoms with Crippen molar-refractivity contribution in [3.8, 4) is 5.75 Å². The largest absolute Gasteiger partial charge is 0.508 e. The second-order valence-corrected chi connectivity index (χ2v) is 4.54. The van der Waals surface area contributed by atoms with Crippen LogP contribution in [0.15, 0.2) is 18.2 Å². The molecule has 0 bridgehead atoms. The van der Waals surface area contributed by atoms with E-state index < -0.39 is 24.0 Å². The van der Waals surface area contributed by atoms with Gasteiger partial charge in [-0.2, -0.15) is 0 Å². The number of hydrogen-bond acceptors (Lipinski definition) is 5. The Balaban J connectivity index is 2.33. The topological polar surface area (TPSA) is 130 Å². The van der Waals surface area contributed by atoms with Crippen LogP contribution in [-0.4, -0.2) is 45.6 Å². The lowest BCUT2D eigenvalue weighted by Crippen LogP contribution is -2.43. The first kappa shape index (κ1) is 13.2. The minimum atomic E-state index is -0.857. The number of phenolic OH excluding ortho intramolecular Hbond substituents is 1. The summed E-state index contributed by atoms with van der Waals surface area (Å²) in [7, 11) is 0. The molecule has 1 aliphatic rings. The Labute approximate surface area is 109 Å². The molecule has 2 atom stereocenters. The summed E-state index contributed by atoms with van der Waals surface area (Å²) in [6.07, 6.45) is -0.681. The summed E-state index contributed by atoms with van der Waals surface area (Å²) in [4.78, 5) is 24.8. The standard InChI is InChI=1S/C12H15N3O4/c13-9-2-1-6(16)3-8(9)12(19)15-5-7(17)4-10(15)11(14)18/h1-3,7,10,16-17H,4-5,13H2,(H2,14,18). The van der Waals surface area contributed by atoms with Gasteiger partial charge < -0.3 is 26.6 Å². The molecule has 7 nitrogen and oxygen atoms in total. The van der Waals surface area contributed by atoms with Gasteiger partial charge in [0.1, 0.15) is 11.8 Å². The van der Waals surface area contributed by atoms with Crippen LogP contribution in [0.25, 0.3) is 0 Å². The molecule has 1 aromatic rings. The van der Waals surface area contributed by atoms with Gasteiger partial charge in [0.25, 0.3) is 5.91 Å². The first-order valence-corrected chi connectivity index (χ1v) is 5.77. The van der Waals surface area contributed by atoms with E-state index in [0.29, 0.717) is 0 Å². The molecule has 102 valence electrons. The second kappa shape index (κ2) is 4.77. The number of nitrogens with two attached hydrogens (primary N) is 2. The smallest absolute Gasteiger partial charge is 0.256 e. The maximum absolute atomic E-state index is 12.3. The molecule has 0 spiro atoms. The molecular formula is C12H15N3O4. The fourth-order valence-corrected chi connectivity index (χ4v) is 2.19. The van der Waals surface area contributed by atoms with Crippen LogP contribution in [-0.2, 0) is 4.79 Å². The normalized spacial score (nSPS) is 22.5. The Bertz CT molecular complexity index is 532. The number of carbonyl (C=O) groups is 2. The first-order chi connectivity index (χ1) is 8.90. The molecule has 19 heavy (non-hydrogen) atoms. The molecule has 0 aliphatic carbocycles. The van der Waals surface area contributed by atoms with E-state index in [2.05, 4.69) is 0 Å². The lowest BCUT2D eigenvalue weighted by molar-refractivity contribution is -0.121. The monoisotopic (exact) mass is 265 g/mol. The number of amides is 2. The van der Waals surface area contributed by atoms with E-state index in [1.54, 1.807) is 0 Å². The number of benzene rings is 1. The highest BCUT2D eigenvalue weighted by Crippen LogP contribution is 2.25. The van der Waals surface area contributed by atoms with E-state index in [-0.39, 0.29) is 30.0 Å². The van der Waals surface area contributed by atoms with Crippen molar-refractivity contribution in [1.82, 2.24) is 4.90 Å². The SMILES string of the molecule is NC(=O)C1CC(O)CN1C(=O)c1cc(O)ccc1N. The van der Waals surface area contributed by atoms with Gasteiger partial charge in [-0.3, -0.25) is 9.59 Å². The highest BCUT2D eigenvalue weighted by molar-refractivity contribution is 6.02. The molecule has 1 aliphatic heterocycles. The summed E-state index contributed by atoms with van der Waals surface area (Å²) in [6.45, 7) is 0.0154. The van der Waals surface area contributed by atoms with Crippen molar-refractivity contribution in [3.05, 3.63) is 23.8 Å². The zero-order chi connectivity index (χ0) is 14.2. The number of β-amino-alcohol motifs (C(OH)–C–C–N with tert-alkyl or cyclic N) is 1. The molecule has 0 aromatic heterocycles. The summed E-state index contributed by atoms with van der Waals surface area (Å²) in [5.41, 5.74) is 11.2. The van der Waals surface area contributed by atoms with Gasteiger partial charge in [-0.15, -0.1) is 0 Å². The minimum Gasteiger partial charge on any atom is -0.508 e. The van der Waals surface area contributed by atoms with Gasteiger partial charge in [-0.05, 0) is 18.2 Å². The summed E-state index contributed by atoms with van der Waals surface area (Å²) >= 11 is 0. The average molecular weight is 265 g/mol. The second-order valence-electron chi connectivity index (χ2n) is 4.54. The van der Waals surface area contributed by atoms with Crippen molar-refractivity contribution < 1.29 is 19.8 Å². The molecule has 2 unspecified atom stereocenters. The molecule has 1 heterocycles. The van der Waals surface area contributed by atoms with Gasteiger partial charge in [0, 0.05) is 18.7 Å². The van der Waals surface area contributed by atoms with Gasteiger partial charge in [0.15, 0.2) is 0 Å². The van der Waals surface area contributed by atoms with Gasteiger partial charge in [0.05, 0.1) is 11.7 Å². The summed E-state index contributed by atoms with van der Waals surface area (Å²) < 4.78 is 0. The lowest BCUT2D eigenvalue weighted by atomic mass is 10.1. The molecule has 0 radical (unpaired) electrons. The van der Waals surface area contributed by atoms with Gasteiger partial charge in [-0.1, -0.05) is 0 Å². The number of anilines is 1. The number of carbonyl (C=O) groups excluding carboxylic acids is 2. The fourth-order valence-electron chi connectivity index (χ4n) is 2.19. The average Bonchev–Trinajstić information content (AvgIpc) is 2.74. The third-order valence-corrected chi connectivity index (χ3v) is 3.14. The number of phenols is 1. The van der Waals surface area contributed by atoms with Gasteiger partial charge in [-0.25, -0.2) is 0 Å². The van der Waals surface area contributed by atoms with Crippen molar-refractivity contribution in [2.45, 2.75) is 18.6 Å². The van der Waals surface area contributed by atoms with Crippen LogP contribution >= 0.6 is 0 Å². The quantitative estimate of drug-likeness (QED) is 0.404. The molecule has 1 saturated heterocycles. The van der Waals surface area contributed by atoms with E-state index in [1.807, 2.05) is 0 Å². The van der Waals surface area contributed by atoms with E-state index in [1.165, 1.54) is 23.1 Å². The molecule has 6 N–H and O–H groups in total. The number of nitrogen functional groups attached to an aromatic ring is 1. The van der Waals surface area contributed by atoms with Gasteiger partial charge in [0.2, 0.25) is 5.91 Å². The number of aliphatic hydroxyl groups is 1. The zero-order valence-corrected chi connectivity index (χ0v) is 10.1. The number of likely N-dealkylation sites (tertiary alicyclic amines) is 1. The fraction of sp³-hybridized carbons (Fsp3) is 0.333. The van der Waals surface area contributed by atoms with Crippen LogP contribution in [0.1, 0.15) is 16.8 Å². The van der Waals surface area contributed by atoms with Crippen molar-refractivity contribution in [1.29, 1.82) is 0 Å². The minimum absolute atomic E-state index is 0.0154. The molecule has 2 rings (SSSR count). The molecule has 7 heteroatoms. The molecule has 2 amide bonds. The molecular weight excluding hydrogens is 250 g/mol. The molecule has 1 fully saturated rings. The highest BCUT2D eigenvalue weighted by atomic mass is 16.3. The van der Waals surface area contributed by atoms with Crippen LogP contribution in [0.3, 0.4) is 0 Å².